The Hall–Kier alpha value is -0.520. The molecule has 0 aromatic rings. The second-order valence-corrected chi connectivity index (χ2v) is 2.86. The summed E-state index contributed by atoms with van der Waals surface area (Å²) in [5, 5.41) is 0. The van der Waals surface area contributed by atoms with E-state index in [2.05, 4.69) is 25.7 Å². The molecule has 0 heteroatoms. The molecule has 50 valence electrons. The van der Waals surface area contributed by atoms with Gasteiger partial charge in [0.15, 0.2) is 0 Å². The zero-order valence-corrected chi connectivity index (χ0v) is 6.06. The van der Waals surface area contributed by atoms with Crippen molar-refractivity contribution < 1.29 is 0 Å². The standard InChI is InChI=1S/C9H14/c1-3-5-9(6-4-2)7-8-9/h3-4,6H,1,5,7-8H2,2H3. The van der Waals surface area contributed by atoms with E-state index in [4.69, 9.17) is 0 Å². The van der Waals surface area contributed by atoms with Gasteiger partial charge in [0, 0.05) is 0 Å². The summed E-state index contributed by atoms with van der Waals surface area (Å²) >= 11 is 0. The maximum absolute atomic E-state index is 3.73. The molecule has 0 bridgehead atoms. The van der Waals surface area contributed by atoms with Crippen molar-refractivity contribution in [1.82, 2.24) is 0 Å². The molecule has 9 heavy (non-hydrogen) atoms. The molecule has 0 nitrogen and oxygen atoms in total. The van der Waals surface area contributed by atoms with Gasteiger partial charge in [-0.1, -0.05) is 18.2 Å². The molecule has 1 rings (SSSR count). The Morgan fingerprint density at radius 1 is 1.56 bits per heavy atom. The first-order chi connectivity index (χ1) is 4.33. The van der Waals surface area contributed by atoms with Crippen LogP contribution < -0.4 is 0 Å². The molecular weight excluding hydrogens is 108 g/mol. The smallest absolute Gasteiger partial charge is 0.00833 e. The van der Waals surface area contributed by atoms with E-state index in [1.54, 1.807) is 0 Å². The molecule has 0 aliphatic heterocycles. The average molecular weight is 122 g/mol. The molecular formula is C9H14. The van der Waals surface area contributed by atoms with Gasteiger partial charge in [-0.2, -0.15) is 0 Å². The summed E-state index contributed by atoms with van der Waals surface area (Å²) in [5.41, 5.74) is 0.552. The van der Waals surface area contributed by atoms with Crippen molar-refractivity contribution in [3.63, 3.8) is 0 Å². The molecule has 0 saturated heterocycles. The fourth-order valence-electron chi connectivity index (χ4n) is 1.24. The lowest BCUT2D eigenvalue weighted by atomic mass is 10.0. The third kappa shape index (κ3) is 1.44. The Morgan fingerprint density at radius 2 is 2.22 bits per heavy atom. The van der Waals surface area contributed by atoms with Crippen LogP contribution in [0.3, 0.4) is 0 Å². The van der Waals surface area contributed by atoms with Gasteiger partial charge < -0.3 is 0 Å². The van der Waals surface area contributed by atoms with Gasteiger partial charge in [-0.15, -0.1) is 6.58 Å². The Kier molecular flexibility index (Phi) is 1.75. The zero-order valence-electron chi connectivity index (χ0n) is 6.06. The second-order valence-electron chi connectivity index (χ2n) is 2.86. The van der Waals surface area contributed by atoms with Gasteiger partial charge in [0.05, 0.1) is 0 Å². The van der Waals surface area contributed by atoms with E-state index in [1.807, 2.05) is 6.08 Å². The first-order valence-corrected chi connectivity index (χ1v) is 3.58. The van der Waals surface area contributed by atoms with Gasteiger partial charge in [0.25, 0.3) is 0 Å². The molecule has 0 heterocycles. The van der Waals surface area contributed by atoms with E-state index in [-0.39, 0.29) is 0 Å². The third-order valence-corrected chi connectivity index (χ3v) is 1.96. The van der Waals surface area contributed by atoms with Crippen molar-refractivity contribution in [2.45, 2.75) is 26.2 Å². The normalized spacial score (nSPS) is 22.3. The van der Waals surface area contributed by atoms with E-state index in [9.17, 15) is 0 Å². The molecule has 0 radical (unpaired) electrons. The van der Waals surface area contributed by atoms with E-state index in [0.29, 0.717) is 5.41 Å². The van der Waals surface area contributed by atoms with Crippen LogP contribution in [0.1, 0.15) is 26.2 Å². The van der Waals surface area contributed by atoms with Gasteiger partial charge >= 0.3 is 0 Å². The largest absolute Gasteiger partial charge is 0.103 e. The van der Waals surface area contributed by atoms with Gasteiger partial charge in [-0.25, -0.2) is 0 Å². The van der Waals surface area contributed by atoms with Crippen molar-refractivity contribution in [2.24, 2.45) is 5.41 Å². The molecule has 0 aromatic carbocycles. The van der Waals surface area contributed by atoms with Gasteiger partial charge in [-0.05, 0) is 31.6 Å². The van der Waals surface area contributed by atoms with Crippen LogP contribution in [0, 0.1) is 5.41 Å². The number of hydrogen-bond acceptors (Lipinski definition) is 0. The van der Waals surface area contributed by atoms with E-state index < -0.39 is 0 Å². The average Bonchev–Trinajstić information content (AvgIpc) is 2.51. The summed E-state index contributed by atoms with van der Waals surface area (Å²) in [6.07, 6.45) is 10.4. The molecule has 1 fully saturated rings. The maximum Gasteiger partial charge on any atom is -0.00833 e. The van der Waals surface area contributed by atoms with E-state index in [1.165, 1.54) is 12.8 Å². The zero-order chi connectivity index (χ0) is 6.74. The molecule has 0 N–H and O–H groups in total. The fourth-order valence-corrected chi connectivity index (χ4v) is 1.24. The van der Waals surface area contributed by atoms with Crippen LogP contribution in [-0.2, 0) is 0 Å². The molecule has 0 aromatic heterocycles. The minimum atomic E-state index is 0.552. The van der Waals surface area contributed by atoms with Crippen molar-refractivity contribution in [3.8, 4) is 0 Å². The van der Waals surface area contributed by atoms with E-state index >= 15 is 0 Å². The molecule has 0 spiro atoms. The highest BCUT2D eigenvalue weighted by molar-refractivity contribution is 5.10. The Labute approximate surface area is 57.3 Å². The number of rotatable bonds is 3. The highest BCUT2D eigenvalue weighted by Gasteiger charge is 2.37. The van der Waals surface area contributed by atoms with Crippen molar-refractivity contribution >= 4 is 0 Å². The molecule has 1 saturated carbocycles. The predicted octanol–water partition coefficient (Wildman–Crippen LogP) is 2.92. The highest BCUT2D eigenvalue weighted by Crippen LogP contribution is 2.50. The van der Waals surface area contributed by atoms with Crippen molar-refractivity contribution in [3.05, 3.63) is 24.8 Å². The molecule has 0 unspecified atom stereocenters. The Balaban J connectivity index is 2.42. The number of hydrogen-bond donors (Lipinski definition) is 0. The van der Waals surface area contributed by atoms with Crippen molar-refractivity contribution in [2.75, 3.05) is 0 Å². The summed E-state index contributed by atoms with van der Waals surface area (Å²) in [4.78, 5) is 0. The van der Waals surface area contributed by atoms with Gasteiger partial charge in [-0.3, -0.25) is 0 Å². The third-order valence-electron chi connectivity index (χ3n) is 1.96. The summed E-state index contributed by atoms with van der Waals surface area (Å²) in [6.45, 7) is 5.82. The van der Waals surface area contributed by atoms with Crippen LogP contribution in [0.2, 0.25) is 0 Å². The molecule has 1 aliphatic rings. The lowest BCUT2D eigenvalue weighted by Gasteiger charge is -2.02. The predicted molar refractivity (Wildman–Crippen MR) is 41.3 cm³/mol. The SMILES string of the molecule is C=CCC1(C=CC)CC1. The van der Waals surface area contributed by atoms with Crippen LogP contribution in [-0.4, -0.2) is 0 Å². The van der Waals surface area contributed by atoms with Crippen molar-refractivity contribution in [1.29, 1.82) is 0 Å². The Morgan fingerprint density at radius 3 is 2.56 bits per heavy atom. The topological polar surface area (TPSA) is 0 Å². The highest BCUT2D eigenvalue weighted by atomic mass is 14.4. The van der Waals surface area contributed by atoms with E-state index in [0.717, 1.165) is 6.42 Å². The monoisotopic (exact) mass is 122 g/mol. The van der Waals surface area contributed by atoms with Crippen LogP contribution in [0.4, 0.5) is 0 Å². The quantitative estimate of drug-likeness (QED) is 0.505. The molecule has 0 atom stereocenters. The lowest BCUT2D eigenvalue weighted by molar-refractivity contribution is 0.666. The van der Waals surface area contributed by atoms with Crippen LogP contribution in [0.5, 0.6) is 0 Å². The van der Waals surface area contributed by atoms with Gasteiger partial charge in [0.1, 0.15) is 0 Å². The lowest BCUT2D eigenvalue weighted by Crippen LogP contribution is -1.90. The van der Waals surface area contributed by atoms with Crippen LogP contribution in [0.15, 0.2) is 24.8 Å². The van der Waals surface area contributed by atoms with Crippen LogP contribution in [0.25, 0.3) is 0 Å². The summed E-state index contributed by atoms with van der Waals surface area (Å²) in [7, 11) is 0. The number of allylic oxidation sites excluding steroid dienone is 3. The molecule has 0 amide bonds. The molecule has 1 aliphatic carbocycles. The van der Waals surface area contributed by atoms with Gasteiger partial charge in [0.2, 0.25) is 0 Å². The first-order valence-electron chi connectivity index (χ1n) is 3.58. The summed E-state index contributed by atoms with van der Waals surface area (Å²) in [6, 6.07) is 0. The minimum absolute atomic E-state index is 0.552. The first kappa shape index (κ1) is 6.60. The Bertz CT molecular complexity index is 127. The van der Waals surface area contributed by atoms with Crippen LogP contribution >= 0.6 is 0 Å². The summed E-state index contributed by atoms with van der Waals surface area (Å²) in [5.74, 6) is 0. The second kappa shape index (κ2) is 2.38. The maximum atomic E-state index is 3.73. The minimum Gasteiger partial charge on any atom is -0.103 e. The summed E-state index contributed by atoms with van der Waals surface area (Å²) < 4.78 is 0. The fraction of sp³-hybridized carbons (Fsp3) is 0.556.